The smallest absolute Gasteiger partial charge is 0.335 e. The Bertz CT molecular complexity index is 666. The van der Waals surface area contributed by atoms with Gasteiger partial charge in [0.15, 0.2) is 0 Å². The highest BCUT2D eigenvalue weighted by Crippen LogP contribution is 2.28. The van der Waals surface area contributed by atoms with Crippen LogP contribution in [0.2, 0.25) is 0 Å². The van der Waals surface area contributed by atoms with E-state index in [0.717, 1.165) is 5.57 Å². The third kappa shape index (κ3) is 5.76. The number of aromatic carboxylic acids is 1. The second kappa shape index (κ2) is 10.8. The lowest BCUT2D eigenvalue weighted by molar-refractivity contribution is 0.0697. The topological polar surface area (TPSA) is 40.5 Å². The fourth-order valence-electron chi connectivity index (χ4n) is 1.99. The van der Waals surface area contributed by atoms with Gasteiger partial charge in [-0.05, 0) is 43.7 Å². The van der Waals surface area contributed by atoms with Gasteiger partial charge >= 0.3 is 5.97 Å². The standard InChI is InChI=1S/C19H21NO2.C2H6/c1-6-9-14(3)16(5)20(15(4)10-7-2)18-12-8-11-17(13-18)19(21)22;1-2/h6-13H,1,4-5H2,2-3H3,(H,21,22);1-2H3/b10-7-,14-9+;. The van der Waals surface area contributed by atoms with Crippen molar-refractivity contribution in [3.63, 3.8) is 0 Å². The van der Waals surface area contributed by atoms with E-state index >= 15 is 0 Å². The molecule has 3 heteroatoms. The number of carboxylic acid groups (broad SMARTS) is 1. The van der Waals surface area contributed by atoms with Crippen molar-refractivity contribution in [1.82, 2.24) is 0 Å². The molecule has 0 heterocycles. The first-order valence-corrected chi connectivity index (χ1v) is 7.86. The van der Waals surface area contributed by atoms with E-state index in [1.54, 1.807) is 24.3 Å². The lowest BCUT2D eigenvalue weighted by atomic mass is 10.1. The highest BCUT2D eigenvalue weighted by molar-refractivity contribution is 5.89. The van der Waals surface area contributed by atoms with Crippen LogP contribution in [0, 0.1) is 0 Å². The average Bonchev–Trinajstić information content (AvgIpc) is 2.57. The van der Waals surface area contributed by atoms with Crippen molar-refractivity contribution in [3.8, 4) is 0 Å². The van der Waals surface area contributed by atoms with Gasteiger partial charge in [-0.1, -0.05) is 57.9 Å². The number of rotatable bonds is 7. The number of carbonyl (C=O) groups is 1. The molecular formula is C21H27NO2. The third-order valence-electron chi connectivity index (χ3n) is 3.09. The van der Waals surface area contributed by atoms with Gasteiger partial charge in [-0.15, -0.1) is 0 Å². The quantitative estimate of drug-likeness (QED) is 0.629. The van der Waals surface area contributed by atoms with Gasteiger partial charge in [0.25, 0.3) is 0 Å². The Labute approximate surface area is 145 Å². The number of hydrogen-bond acceptors (Lipinski definition) is 2. The van der Waals surface area contributed by atoms with Crippen molar-refractivity contribution in [2.45, 2.75) is 27.7 Å². The predicted molar refractivity (Wildman–Crippen MR) is 104 cm³/mol. The minimum Gasteiger partial charge on any atom is -0.478 e. The van der Waals surface area contributed by atoms with Gasteiger partial charge in [-0.3, -0.25) is 0 Å². The van der Waals surface area contributed by atoms with Crippen LogP contribution in [0.25, 0.3) is 0 Å². The molecule has 3 nitrogen and oxygen atoms in total. The lowest BCUT2D eigenvalue weighted by Crippen LogP contribution is -2.20. The molecular weight excluding hydrogens is 298 g/mol. The van der Waals surface area contributed by atoms with Gasteiger partial charge in [0.2, 0.25) is 0 Å². The summed E-state index contributed by atoms with van der Waals surface area (Å²) in [7, 11) is 0. The van der Waals surface area contributed by atoms with E-state index in [-0.39, 0.29) is 5.56 Å². The van der Waals surface area contributed by atoms with Gasteiger partial charge in [-0.2, -0.15) is 0 Å². The Morgan fingerprint density at radius 1 is 1.25 bits per heavy atom. The number of carboxylic acids is 1. The maximum absolute atomic E-state index is 11.2. The van der Waals surface area contributed by atoms with E-state index in [1.165, 1.54) is 0 Å². The van der Waals surface area contributed by atoms with Gasteiger partial charge < -0.3 is 10.0 Å². The molecule has 1 aromatic rings. The van der Waals surface area contributed by atoms with Crippen LogP contribution in [0.4, 0.5) is 5.69 Å². The molecule has 0 aliphatic carbocycles. The van der Waals surface area contributed by atoms with Crippen molar-refractivity contribution >= 4 is 11.7 Å². The summed E-state index contributed by atoms with van der Waals surface area (Å²) in [5.74, 6) is -0.970. The van der Waals surface area contributed by atoms with Crippen molar-refractivity contribution in [3.05, 3.63) is 90.8 Å². The highest BCUT2D eigenvalue weighted by atomic mass is 16.4. The number of hydrogen-bond donors (Lipinski definition) is 1. The Hall–Kier alpha value is -2.81. The molecule has 0 amide bonds. The van der Waals surface area contributed by atoms with Crippen LogP contribution in [0.15, 0.2) is 85.3 Å². The lowest BCUT2D eigenvalue weighted by Gasteiger charge is -2.28. The summed E-state index contributed by atoms with van der Waals surface area (Å²) in [5.41, 5.74) is 3.25. The molecule has 0 radical (unpaired) electrons. The molecule has 1 N–H and O–H groups in total. The molecule has 0 aliphatic heterocycles. The SMILES string of the molecule is C=C/C=C(\C)C(=C)N(C(=C)/C=C\C)c1cccc(C(=O)O)c1.CC. The monoisotopic (exact) mass is 325 g/mol. The van der Waals surface area contributed by atoms with Crippen molar-refractivity contribution in [2.24, 2.45) is 0 Å². The summed E-state index contributed by atoms with van der Waals surface area (Å²) in [6, 6.07) is 6.68. The number of anilines is 1. The Morgan fingerprint density at radius 2 is 1.88 bits per heavy atom. The average molecular weight is 325 g/mol. The van der Waals surface area contributed by atoms with Crippen molar-refractivity contribution < 1.29 is 9.90 Å². The molecule has 0 aliphatic rings. The van der Waals surface area contributed by atoms with E-state index in [9.17, 15) is 4.79 Å². The van der Waals surface area contributed by atoms with Crippen LogP contribution in [0.3, 0.4) is 0 Å². The first-order valence-electron chi connectivity index (χ1n) is 7.86. The molecule has 128 valence electrons. The van der Waals surface area contributed by atoms with E-state index < -0.39 is 5.97 Å². The molecule has 0 bridgehead atoms. The molecule has 0 unspecified atom stereocenters. The Balaban J connectivity index is 0.00000254. The van der Waals surface area contributed by atoms with Gasteiger partial charge in [0.1, 0.15) is 0 Å². The number of allylic oxidation sites excluding steroid dienone is 5. The maximum Gasteiger partial charge on any atom is 0.335 e. The zero-order valence-corrected chi connectivity index (χ0v) is 15.0. The molecule has 0 saturated carbocycles. The number of nitrogens with zero attached hydrogens (tertiary/aromatic N) is 1. The molecule has 24 heavy (non-hydrogen) atoms. The Kier molecular flexibility index (Phi) is 9.57. The van der Waals surface area contributed by atoms with E-state index in [2.05, 4.69) is 19.7 Å². The van der Waals surface area contributed by atoms with Gasteiger partial charge in [-0.25, -0.2) is 4.79 Å². The first kappa shape index (κ1) is 21.2. The normalized spacial score (nSPS) is 10.6. The summed E-state index contributed by atoms with van der Waals surface area (Å²) in [4.78, 5) is 13.0. The second-order valence-electron chi connectivity index (χ2n) is 4.71. The fourth-order valence-corrected chi connectivity index (χ4v) is 1.99. The summed E-state index contributed by atoms with van der Waals surface area (Å²) in [5, 5.41) is 9.16. The molecule has 1 rings (SSSR count). The summed E-state index contributed by atoms with van der Waals surface area (Å²) < 4.78 is 0. The van der Waals surface area contributed by atoms with Crippen LogP contribution in [-0.2, 0) is 0 Å². The van der Waals surface area contributed by atoms with E-state index in [0.29, 0.717) is 17.1 Å². The highest BCUT2D eigenvalue weighted by Gasteiger charge is 2.15. The van der Waals surface area contributed by atoms with Gasteiger partial charge in [0.05, 0.1) is 5.56 Å². The number of benzene rings is 1. The zero-order chi connectivity index (χ0) is 18.7. The predicted octanol–water partition coefficient (Wildman–Crippen LogP) is 5.95. The van der Waals surface area contributed by atoms with Crippen LogP contribution >= 0.6 is 0 Å². The minimum atomic E-state index is -0.970. The molecule has 0 aromatic heterocycles. The summed E-state index contributed by atoms with van der Waals surface area (Å²) >= 11 is 0. The van der Waals surface area contributed by atoms with Crippen molar-refractivity contribution in [2.75, 3.05) is 4.90 Å². The van der Waals surface area contributed by atoms with Crippen LogP contribution < -0.4 is 4.90 Å². The molecule has 1 aromatic carbocycles. The fraction of sp³-hybridized carbons (Fsp3) is 0.190. The van der Waals surface area contributed by atoms with Crippen molar-refractivity contribution in [1.29, 1.82) is 0 Å². The van der Waals surface area contributed by atoms with Crippen LogP contribution in [0.1, 0.15) is 38.1 Å². The largest absolute Gasteiger partial charge is 0.478 e. The zero-order valence-electron chi connectivity index (χ0n) is 15.0. The second-order valence-corrected chi connectivity index (χ2v) is 4.71. The third-order valence-corrected chi connectivity index (χ3v) is 3.09. The van der Waals surface area contributed by atoms with Crippen LogP contribution in [0.5, 0.6) is 0 Å². The summed E-state index contributed by atoms with van der Waals surface area (Å²) in [6.45, 7) is 19.6. The van der Waals surface area contributed by atoms with E-state index in [1.807, 2.05) is 56.9 Å². The Morgan fingerprint density at radius 3 is 2.38 bits per heavy atom. The van der Waals surface area contributed by atoms with E-state index in [4.69, 9.17) is 5.11 Å². The summed E-state index contributed by atoms with van der Waals surface area (Å²) in [6.07, 6.45) is 7.25. The first-order chi connectivity index (χ1) is 11.4. The molecule has 0 saturated heterocycles. The van der Waals surface area contributed by atoms with Gasteiger partial charge in [0, 0.05) is 17.1 Å². The van der Waals surface area contributed by atoms with Crippen LogP contribution in [-0.4, -0.2) is 11.1 Å². The molecule has 0 atom stereocenters. The minimum absolute atomic E-state index is 0.217. The molecule has 0 spiro atoms. The molecule has 0 fully saturated rings. The maximum atomic E-state index is 11.2.